The number of hydrogen-bond donors (Lipinski definition) is 1. The molecular formula is C14H23BrN2O. The van der Waals surface area contributed by atoms with Gasteiger partial charge in [0, 0.05) is 36.4 Å². The van der Waals surface area contributed by atoms with Crippen LogP contribution in [0.1, 0.15) is 25.8 Å². The predicted molar refractivity (Wildman–Crippen MR) is 80.6 cm³/mol. The average Bonchev–Trinajstić information content (AvgIpc) is 2.36. The summed E-state index contributed by atoms with van der Waals surface area (Å²) in [6.45, 7) is 7.09. The summed E-state index contributed by atoms with van der Waals surface area (Å²) in [6, 6.07) is 6.54. The quantitative estimate of drug-likeness (QED) is 0.785. The van der Waals surface area contributed by atoms with Crippen LogP contribution in [0.25, 0.3) is 0 Å². The molecule has 0 bridgehead atoms. The highest BCUT2D eigenvalue weighted by atomic mass is 79.9. The minimum Gasteiger partial charge on any atom is -0.399 e. The monoisotopic (exact) mass is 314 g/mol. The van der Waals surface area contributed by atoms with Crippen molar-refractivity contribution in [3.05, 3.63) is 28.2 Å². The molecule has 3 nitrogen and oxygen atoms in total. The van der Waals surface area contributed by atoms with E-state index in [1.54, 1.807) is 7.11 Å². The van der Waals surface area contributed by atoms with Crippen LogP contribution >= 0.6 is 15.9 Å². The second kappa shape index (κ2) is 7.77. The van der Waals surface area contributed by atoms with Crippen LogP contribution in [0.3, 0.4) is 0 Å². The molecule has 0 aliphatic heterocycles. The van der Waals surface area contributed by atoms with Crippen LogP contribution < -0.4 is 5.73 Å². The van der Waals surface area contributed by atoms with E-state index >= 15 is 0 Å². The van der Waals surface area contributed by atoms with Gasteiger partial charge in [-0.3, -0.25) is 4.90 Å². The van der Waals surface area contributed by atoms with Gasteiger partial charge in [0.05, 0.1) is 6.61 Å². The Morgan fingerprint density at radius 3 is 2.72 bits per heavy atom. The molecule has 1 aromatic carbocycles. The molecular weight excluding hydrogens is 292 g/mol. The molecule has 0 aromatic heterocycles. The van der Waals surface area contributed by atoms with E-state index in [0.29, 0.717) is 6.04 Å². The minimum absolute atomic E-state index is 0.546. The second-order valence-corrected chi connectivity index (χ2v) is 5.43. The Morgan fingerprint density at radius 2 is 2.17 bits per heavy atom. The van der Waals surface area contributed by atoms with Crippen molar-refractivity contribution in [1.82, 2.24) is 4.90 Å². The summed E-state index contributed by atoms with van der Waals surface area (Å²) in [5, 5.41) is 0. The van der Waals surface area contributed by atoms with Gasteiger partial charge in [-0.25, -0.2) is 0 Å². The number of nitrogens with zero attached hydrogens (tertiary/aromatic N) is 1. The third kappa shape index (κ3) is 4.59. The molecule has 0 amide bonds. The molecule has 0 saturated carbocycles. The first kappa shape index (κ1) is 15.5. The molecule has 0 aliphatic rings. The summed E-state index contributed by atoms with van der Waals surface area (Å²) in [6.07, 6.45) is 1.14. The fourth-order valence-electron chi connectivity index (χ4n) is 1.83. The Hall–Kier alpha value is -0.580. The van der Waals surface area contributed by atoms with Crippen LogP contribution in [0.4, 0.5) is 5.69 Å². The van der Waals surface area contributed by atoms with Crippen molar-refractivity contribution in [3.8, 4) is 0 Å². The molecule has 18 heavy (non-hydrogen) atoms. The number of nitrogen functional groups attached to an aromatic ring is 1. The largest absolute Gasteiger partial charge is 0.399 e. The second-order valence-electron chi connectivity index (χ2n) is 4.57. The molecule has 1 rings (SSSR count). The fraction of sp³-hybridized carbons (Fsp3) is 0.571. The van der Waals surface area contributed by atoms with Gasteiger partial charge in [-0.15, -0.1) is 0 Å². The van der Waals surface area contributed by atoms with E-state index in [2.05, 4.69) is 40.7 Å². The maximum absolute atomic E-state index is 5.76. The predicted octanol–water partition coefficient (Wildman–Crippen LogP) is 3.28. The summed E-state index contributed by atoms with van der Waals surface area (Å²) in [4.78, 5) is 2.43. The lowest BCUT2D eigenvalue weighted by Gasteiger charge is -2.28. The summed E-state index contributed by atoms with van der Waals surface area (Å²) in [5.74, 6) is 0. The van der Waals surface area contributed by atoms with Crippen LogP contribution in [-0.4, -0.2) is 31.2 Å². The molecule has 102 valence electrons. The zero-order valence-electron chi connectivity index (χ0n) is 11.4. The lowest BCUT2D eigenvalue weighted by atomic mass is 10.1. The lowest BCUT2D eigenvalue weighted by Crippen LogP contribution is -2.34. The van der Waals surface area contributed by atoms with Crippen molar-refractivity contribution in [1.29, 1.82) is 0 Å². The van der Waals surface area contributed by atoms with Crippen molar-refractivity contribution in [2.75, 3.05) is 26.0 Å². The van der Waals surface area contributed by atoms with E-state index in [0.717, 1.165) is 36.3 Å². The number of hydrogen-bond acceptors (Lipinski definition) is 3. The topological polar surface area (TPSA) is 38.5 Å². The van der Waals surface area contributed by atoms with Gasteiger partial charge in [-0.1, -0.05) is 28.9 Å². The zero-order valence-corrected chi connectivity index (χ0v) is 13.0. The number of ether oxygens (including phenoxy) is 1. The van der Waals surface area contributed by atoms with E-state index in [-0.39, 0.29) is 0 Å². The van der Waals surface area contributed by atoms with E-state index < -0.39 is 0 Å². The van der Waals surface area contributed by atoms with Crippen LogP contribution in [0.15, 0.2) is 22.7 Å². The third-order valence-electron chi connectivity index (χ3n) is 3.25. The average molecular weight is 315 g/mol. The van der Waals surface area contributed by atoms with Crippen LogP contribution in [0.5, 0.6) is 0 Å². The smallest absolute Gasteiger partial charge is 0.0589 e. The van der Waals surface area contributed by atoms with Crippen LogP contribution in [-0.2, 0) is 11.3 Å². The molecule has 1 unspecified atom stereocenters. The third-order valence-corrected chi connectivity index (χ3v) is 3.99. The first-order chi connectivity index (χ1) is 8.58. The maximum Gasteiger partial charge on any atom is 0.0589 e. The van der Waals surface area contributed by atoms with E-state index in [1.165, 1.54) is 5.56 Å². The maximum atomic E-state index is 5.76. The minimum atomic E-state index is 0.546. The van der Waals surface area contributed by atoms with Gasteiger partial charge in [-0.05, 0) is 31.0 Å². The Bertz CT molecular complexity index is 371. The fourth-order valence-corrected chi connectivity index (χ4v) is 2.35. The van der Waals surface area contributed by atoms with Gasteiger partial charge >= 0.3 is 0 Å². The number of halogens is 1. The SMILES string of the molecule is CCC(C)N(CCOC)Cc1ccc(N)cc1Br. The van der Waals surface area contributed by atoms with Crippen LogP contribution in [0.2, 0.25) is 0 Å². The van der Waals surface area contributed by atoms with Gasteiger partial charge in [0.2, 0.25) is 0 Å². The normalized spacial score (nSPS) is 12.9. The molecule has 0 aliphatic carbocycles. The highest BCUT2D eigenvalue weighted by molar-refractivity contribution is 9.10. The van der Waals surface area contributed by atoms with E-state index in [1.807, 2.05) is 12.1 Å². The highest BCUT2D eigenvalue weighted by Crippen LogP contribution is 2.22. The van der Waals surface area contributed by atoms with Crippen LogP contribution in [0, 0.1) is 0 Å². The summed E-state index contributed by atoms with van der Waals surface area (Å²) >= 11 is 3.58. The molecule has 0 spiro atoms. The van der Waals surface area contributed by atoms with Crippen molar-refractivity contribution < 1.29 is 4.74 Å². The Balaban J connectivity index is 2.75. The molecule has 0 fully saturated rings. The standard InChI is InChI=1S/C14H23BrN2O/c1-4-11(2)17(7-8-18-3)10-12-5-6-13(16)9-14(12)15/h5-6,9,11H,4,7-8,10,16H2,1-3H3. The van der Waals surface area contributed by atoms with Gasteiger partial charge in [-0.2, -0.15) is 0 Å². The molecule has 1 aromatic rings. The summed E-state index contributed by atoms with van der Waals surface area (Å²) < 4.78 is 6.26. The number of methoxy groups -OCH3 is 1. The van der Waals surface area contributed by atoms with Gasteiger partial charge < -0.3 is 10.5 Å². The number of nitrogens with two attached hydrogens (primary N) is 1. The lowest BCUT2D eigenvalue weighted by molar-refractivity contribution is 0.118. The van der Waals surface area contributed by atoms with Gasteiger partial charge in [0.25, 0.3) is 0 Å². The molecule has 4 heteroatoms. The molecule has 1 atom stereocenters. The molecule has 2 N–H and O–H groups in total. The Morgan fingerprint density at radius 1 is 1.44 bits per heavy atom. The first-order valence-electron chi connectivity index (χ1n) is 6.35. The number of anilines is 1. The molecule has 0 saturated heterocycles. The van der Waals surface area contributed by atoms with Crippen molar-refractivity contribution >= 4 is 21.6 Å². The van der Waals surface area contributed by atoms with Crippen molar-refractivity contribution in [3.63, 3.8) is 0 Å². The molecule has 0 radical (unpaired) electrons. The number of benzene rings is 1. The summed E-state index contributed by atoms with van der Waals surface area (Å²) in [5.41, 5.74) is 7.81. The highest BCUT2D eigenvalue weighted by Gasteiger charge is 2.13. The van der Waals surface area contributed by atoms with Crippen molar-refractivity contribution in [2.24, 2.45) is 0 Å². The summed E-state index contributed by atoms with van der Waals surface area (Å²) in [7, 11) is 1.74. The van der Waals surface area contributed by atoms with Gasteiger partial charge in [0.1, 0.15) is 0 Å². The first-order valence-corrected chi connectivity index (χ1v) is 7.14. The Labute approximate surface area is 118 Å². The van der Waals surface area contributed by atoms with E-state index in [4.69, 9.17) is 10.5 Å². The van der Waals surface area contributed by atoms with E-state index in [9.17, 15) is 0 Å². The van der Waals surface area contributed by atoms with Crippen molar-refractivity contribution in [2.45, 2.75) is 32.9 Å². The number of rotatable bonds is 7. The molecule has 0 heterocycles. The Kier molecular flexibility index (Phi) is 6.68. The zero-order chi connectivity index (χ0) is 13.5. The van der Waals surface area contributed by atoms with Gasteiger partial charge in [0.15, 0.2) is 0 Å².